The zero-order valence-electron chi connectivity index (χ0n) is 19.2. The van der Waals surface area contributed by atoms with Crippen molar-refractivity contribution in [3.8, 4) is 17.2 Å². The number of methoxy groups -OCH3 is 3. The van der Waals surface area contributed by atoms with Crippen molar-refractivity contribution < 1.29 is 22.6 Å². The molecule has 0 aliphatic carbocycles. The lowest BCUT2D eigenvalue weighted by molar-refractivity contribution is 0.374. The maximum Gasteiger partial charge on any atom is 0.246 e. The Morgan fingerprint density at radius 3 is 2.26 bits per heavy atom. The van der Waals surface area contributed by atoms with E-state index in [1.165, 1.54) is 17.5 Å². The monoisotopic (exact) mass is 523 g/mol. The molecule has 0 atom stereocenters. The van der Waals surface area contributed by atoms with Crippen molar-refractivity contribution >= 4 is 38.1 Å². The van der Waals surface area contributed by atoms with Gasteiger partial charge in [0.15, 0.2) is 5.13 Å². The van der Waals surface area contributed by atoms with Gasteiger partial charge in [0.05, 0.1) is 27.0 Å². The molecular weight excluding hydrogens is 498 g/mol. The van der Waals surface area contributed by atoms with E-state index in [1.54, 1.807) is 37.7 Å². The summed E-state index contributed by atoms with van der Waals surface area (Å²) in [6, 6.07) is 10.4. The van der Waals surface area contributed by atoms with Crippen LogP contribution in [0.3, 0.4) is 0 Å². The van der Waals surface area contributed by atoms with Crippen molar-refractivity contribution in [1.82, 2.24) is 9.29 Å². The number of sulfonamides is 1. The number of piperazine rings is 1. The quantitative estimate of drug-likeness (QED) is 0.442. The molecule has 3 aromatic rings. The van der Waals surface area contributed by atoms with Crippen LogP contribution in [-0.2, 0) is 16.4 Å². The first-order valence-corrected chi connectivity index (χ1v) is 13.3. The van der Waals surface area contributed by atoms with Gasteiger partial charge in [-0.15, -0.1) is 11.3 Å². The van der Waals surface area contributed by atoms with Crippen LogP contribution in [0.5, 0.6) is 17.2 Å². The van der Waals surface area contributed by atoms with E-state index < -0.39 is 10.0 Å². The molecule has 34 heavy (non-hydrogen) atoms. The third kappa shape index (κ3) is 5.25. The number of hydrogen-bond acceptors (Lipinski definition) is 8. The molecule has 2 aromatic carbocycles. The number of halogens is 1. The number of ether oxygens (including phenoxy) is 3. The Kier molecular flexibility index (Phi) is 7.51. The molecule has 0 bridgehead atoms. The van der Waals surface area contributed by atoms with Crippen LogP contribution >= 0.6 is 22.9 Å². The van der Waals surface area contributed by atoms with Gasteiger partial charge in [-0.05, 0) is 35.9 Å². The van der Waals surface area contributed by atoms with Gasteiger partial charge in [0.1, 0.15) is 22.1 Å². The third-order valence-electron chi connectivity index (χ3n) is 5.59. The highest BCUT2D eigenvalue weighted by molar-refractivity contribution is 7.89. The molecule has 1 fully saturated rings. The van der Waals surface area contributed by atoms with Gasteiger partial charge in [-0.1, -0.05) is 11.6 Å². The van der Waals surface area contributed by atoms with E-state index in [9.17, 15) is 8.42 Å². The molecule has 0 saturated carbocycles. The zero-order chi connectivity index (χ0) is 24.3. The minimum atomic E-state index is -3.73. The van der Waals surface area contributed by atoms with E-state index >= 15 is 0 Å². The average Bonchev–Trinajstić information content (AvgIpc) is 3.32. The van der Waals surface area contributed by atoms with Crippen molar-refractivity contribution in [3.63, 3.8) is 0 Å². The van der Waals surface area contributed by atoms with Crippen LogP contribution in [0.1, 0.15) is 11.3 Å². The molecule has 0 radical (unpaired) electrons. The third-order valence-corrected chi connectivity index (χ3v) is 8.69. The van der Waals surface area contributed by atoms with E-state index in [0.29, 0.717) is 37.6 Å². The summed E-state index contributed by atoms with van der Waals surface area (Å²) in [4.78, 5) is 6.98. The Bertz CT molecular complexity index is 1230. The standard InChI is InChI=1S/C23H26ClN3O5S2/c1-30-19-11-16(12-20(14-19)31-2)10-18-15-33-23(25-18)26-6-8-27(9-7-26)34(28,29)22-13-17(24)4-5-21(22)32-3/h4-5,11-15H,6-10H2,1-3H3. The van der Waals surface area contributed by atoms with Crippen LogP contribution in [-0.4, -0.2) is 65.2 Å². The van der Waals surface area contributed by atoms with Gasteiger partial charge in [0.2, 0.25) is 10.0 Å². The molecule has 1 aromatic heterocycles. The minimum Gasteiger partial charge on any atom is -0.497 e. The average molecular weight is 524 g/mol. The number of nitrogens with zero attached hydrogens (tertiary/aromatic N) is 3. The Hall–Kier alpha value is -2.53. The van der Waals surface area contributed by atoms with Crippen molar-refractivity contribution in [3.05, 3.63) is 58.1 Å². The molecule has 0 unspecified atom stereocenters. The Labute approximate surface area is 208 Å². The number of thiazole rings is 1. The van der Waals surface area contributed by atoms with E-state index in [-0.39, 0.29) is 10.6 Å². The maximum atomic E-state index is 13.2. The second-order valence-electron chi connectivity index (χ2n) is 7.71. The Morgan fingerprint density at radius 2 is 1.65 bits per heavy atom. The second kappa shape index (κ2) is 10.4. The summed E-state index contributed by atoms with van der Waals surface area (Å²) in [5.74, 6) is 1.75. The molecule has 0 N–H and O–H groups in total. The molecule has 182 valence electrons. The smallest absolute Gasteiger partial charge is 0.246 e. The number of hydrogen-bond donors (Lipinski definition) is 0. The van der Waals surface area contributed by atoms with Gasteiger partial charge in [0.25, 0.3) is 0 Å². The van der Waals surface area contributed by atoms with Crippen LogP contribution in [0.15, 0.2) is 46.7 Å². The van der Waals surface area contributed by atoms with Crippen molar-refractivity contribution in [2.75, 3.05) is 52.4 Å². The van der Waals surface area contributed by atoms with Gasteiger partial charge in [-0.2, -0.15) is 4.31 Å². The number of benzene rings is 2. The lowest BCUT2D eigenvalue weighted by Gasteiger charge is -2.34. The molecular formula is C23H26ClN3O5S2. The first-order valence-electron chi connectivity index (χ1n) is 10.6. The molecule has 1 aliphatic heterocycles. The topological polar surface area (TPSA) is 81.2 Å². The Morgan fingerprint density at radius 1 is 0.971 bits per heavy atom. The van der Waals surface area contributed by atoms with Crippen molar-refractivity contribution in [2.45, 2.75) is 11.3 Å². The molecule has 8 nitrogen and oxygen atoms in total. The first kappa shape index (κ1) is 24.6. The highest BCUT2D eigenvalue weighted by Gasteiger charge is 2.31. The summed E-state index contributed by atoms with van der Waals surface area (Å²) in [7, 11) is 0.975. The fourth-order valence-electron chi connectivity index (χ4n) is 3.81. The molecule has 4 rings (SSSR count). The summed E-state index contributed by atoms with van der Waals surface area (Å²) in [5.41, 5.74) is 1.98. The Balaban J connectivity index is 1.43. The predicted molar refractivity (Wildman–Crippen MR) is 133 cm³/mol. The normalized spacial score (nSPS) is 14.8. The van der Waals surface area contributed by atoms with Crippen LogP contribution in [0.2, 0.25) is 5.02 Å². The lowest BCUT2D eigenvalue weighted by atomic mass is 10.1. The largest absolute Gasteiger partial charge is 0.497 e. The highest BCUT2D eigenvalue weighted by atomic mass is 35.5. The predicted octanol–water partition coefficient (Wildman–Crippen LogP) is 3.92. The van der Waals surface area contributed by atoms with Gasteiger partial charge in [0, 0.05) is 49.1 Å². The summed E-state index contributed by atoms with van der Waals surface area (Å²) >= 11 is 7.60. The molecule has 1 saturated heterocycles. The van der Waals surface area contributed by atoms with Crippen LogP contribution in [0.25, 0.3) is 0 Å². The molecule has 2 heterocycles. The number of anilines is 1. The van der Waals surface area contributed by atoms with E-state index in [0.717, 1.165) is 27.9 Å². The molecule has 11 heteroatoms. The SMILES string of the molecule is COc1cc(Cc2csc(N3CCN(S(=O)(=O)c4cc(Cl)ccc4OC)CC3)n2)cc(OC)c1. The summed E-state index contributed by atoms with van der Waals surface area (Å²) in [5, 5.41) is 3.26. The van der Waals surface area contributed by atoms with Crippen LogP contribution < -0.4 is 19.1 Å². The molecule has 0 amide bonds. The summed E-state index contributed by atoms with van der Waals surface area (Å²) < 4.78 is 43.8. The van der Waals surface area contributed by atoms with Gasteiger partial charge >= 0.3 is 0 Å². The number of aromatic nitrogens is 1. The summed E-state index contributed by atoms with van der Waals surface area (Å²) in [6.07, 6.45) is 0.646. The van der Waals surface area contributed by atoms with Crippen LogP contribution in [0.4, 0.5) is 5.13 Å². The van der Waals surface area contributed by atoms with Crippen molar-refractivity contribution in [1.29, 1.82) is 0 Å². The van der Waals surface area contributed by atoms with Gasteiger partial charge in [-0.25, -0.2) is 13.4 Å². The van der Waals surface area contributed by atoms with Crippen LogP contribution in [0, 0.1) is 0 Å². The molecule has 0 spiro atoms. The van der Waals surface area contributed by atoms with E-state index in [1.807, 2.05) is 23.6 Å². The fourth-order valence-corrected chi connectivity index (χ4v) is 6.53. The van der Waals surface area contributed by atoms with E-state index in [4.69, 9.17) is 30.8 Å². The van der Waals surface area contributed by atoms with E-state index in [2.05, 4.69) is 4.90 Å². The fraction of sp³-hybridized carbons (Fsp3) is 0.348. The lowest BCUT2D eigenvalue weighted by Crippen LogP contribution is -2.48. The van der Waals surface area contributed by atoms with Gasteiger partial charge in [-0.3, -0.25) is 0 Å². The summed E-state index contributed by atoms with van der Waals surface area (Å²) in [6.45, 7) is 1.78. The number of rotatable bonds is 8. The van der Waals surface area contributed by atoms with Gasteiger partial charge < -0.3 is 19.1 Å². The second-order valence-corrected chi connectivity index (χ2v) is 10.9. The minimum absolute atomic E-state index is 0.0844. The van der Waals surface area contributed by atoms with Crippen molar-refractivity contribution in [2.24, 2.45) is 0 Å². The maximum absolute atomic E-state index is 13.2. The zero-order valence-corrected chi connectivity index (χ0v) is 21.5. The first-order chi connectivity index (χ1) is 16.3. The highest BCUT2D eigenvalue weighted by Crippen LogP contribution is 2.31. The molecule has 1 aliphatic rings.